The quantitative estimate of drug-likeness (QED) is 0.925. The van der Waals surface area contributed by atoms with E-state index in [1.165, 1.54) is 0 Å². The van der Waals surface area contributed by atoms with Crippen molar-refractivity contribution in [1.82, 2.24) is 14.8 Å². The number of alkyl halides is 3. The number of aryl methyl sites for hydroxylation is 1. The van der Waals surface area contributed by atoms with Crippen molar-refractivity contribution in [2.75, 3.05) is 11.9 Å². The lowest BCUT2D eigenvalue weighted by molar-refractivity contribution is -0.137. The van der Waals surface area contributed by atoms with Gasteiger partial charge < -0.3 is 10.1 Å². The van der Waals surface area contributed by atoms with Crippen LogP contribution in [0.15, 0.2) is 24.5 Å². The van der Waals surface area contributed by atoms with Gasteiger partial charge in [0.2, 0.25) is 0 Å². The standard InChI is InChI=1S/C14H14ClF3N4O/c1-22-11(2-4-20-22)12-10(3-5-23-12)21-13-9(15)6-8(7-19-13)14(16,17)18/h2,4,6-7,10,12H,3,5H2,1H3,(H,19,21)/t10-,12-/m0/s1. The summed E-state index contributed by atoms with van der Waals surface area (Å²) in [5.74, 6) is 0.210. The molecule has 0 saturated carbocycles. The van der Waals surface area contributed by atoms with E-state index in [1.807, 2.05) is 6.07 Å². The Morgan fingerprint density at radius 2 is 2.22 bits per heavy atom. The third-order valence-electron chi connectivity index (χ3n) is 3.73. The molecule has 9 heteroatoms. The van der Waals surface area contributed by atoms with Gasteiger partial charge >= 0.3 is 6.18 Å². The molecule has 0 bridgehead atoms. The van der Waals surface area contributed by atoms with Gasteiger partial charge in [0.25, 0.3) is 0 Å². The topological polar surface area (TPSA) is 52.0 Å². The van der Waals surface area contributed by atoms with Crippen molar-refractivity contribution in [3.8, 4) is 0 Å². The Kier molecular flexibility index (Phi) is 4.20. The first-order valence-electron chi connectivity index (χ1n) is 6.95. The van der Waals surface area contributed by atoms with Crippen molar-refractivity contribution < 1.29 is 17.9 Å². The molecule has 1 fully saturated rings. The lowest BCUT2D eigenvalue weighted by Crippen LogP contribution is -2.25. The van der Waals surface area contributed by atoms with Gasteiger partial charge in [-0.2, -0.15) is 18.3 Å². The molecule has 1 aliphatic heterocycles. The fourth-order valence-electron chi connectivity index (χ4n) is 2.57. The summed E-state index contributed by atoms with van der Waals surface area (Å²) in [5, 5.41) is 7.10. The van der Waals surface area contributed by atoms with Gasteiger partial charge in [-0.25, -0.2) is 4.98 Å². The number of halogens is 4. The van der Waals surface area contributed by atoms with Gasteiger partial charge in [-0.15, -0.1) is 0 Å². The second-order valence-electron chi connectivity index (χ2n) is 5.26. The molecule has 0 spiro atoms. The molecule has 124 valence electrons. The van der Waals surface area contributed by atoms with E-state index in [0.717, 1.165) is 18.0 Å². The fourth-order valence-corrected chi connectivity index (χ4v) is 2.79. The maximum absolute atomic E-state index is 12.6. The molecule has 0 amide bonds. The highest BCUT2D eigenvalue weighted by molar-refractivity contribution is 6.33. The molecule has 1 saturated heterocycles. The van der Waals surface area contributed by atoms with E-state index >= 15 is 0 Å². The van der Waals surface area contributed by atoms with E-state index < -0.39 is 11.7 Å². The minimum Gasteiger partial charge on any atom is -0.370 e. The molecule has 3 rings (SSSR count). The summed E-state index contributed by atoms with van der Waals surface area (Å²) in [4.78, 5) is 3.81. The maximum Gasteiger partial charge on any atom is 0.417 e. The normalized spacial score (nSPS) is 21.6. The van der Waals surface area contributed by atoms with Crippen LogP contribution in [0.25, 0.3) is 0 Å². The highest BCUT2D eigenvalue weighted by atomic mass is 35.5. The number of hydrogen-bond donors (Lipinski definition) is 1. The third-order valence-corrected chi connectivity index (χ3v) is 4.02. The summed E-state index contributed by atoms with van der Waals surface area (Å²) >= 11 is 5.93. The van der Waals surface area contributed by atoms with Crippen LogP contribution in [-0.4, -0.2) is 27.4 Å². The average molecular weight is 347 g/mol. The van der Waals surface area contributed by atoms with Crippen molar-refractivity contribution in [2.45, 2.75) is 24.7 Å². The number of nitrogens with one attached hydrogen (secondary N) is 1. The zero-order valence-corrected chi connectivity index (χ0v) is 12.9. The van der Waals surface area contributed by atoms with Crippen LogP contribution >= 0.6 is 11.6 Å². The molecule has 5 nitrogen and oxygen atoms in total. The van der Waals surface area contributed by atoms with E-state index in [1.54, 1.807) is 17.9 Å². The molecule has 0 aromatic carbocycles. The summed E-state index contributed by atoms with van der Waals surface area (Å²) < 4.78 is 45.4. The highest BCUT2D eigenvalue weighted by Crippen LogP contribution is 2.35. The first kappa shape index (κ1) is 16.1. The van der Waals surface area contributed by atoms with Crippen LogP contribution in [0.4, 0.5) is 19.0 Å². The second-order valence-corrected chi connectivity index (χ2v) is 5.67. The van der Waals surface area contributed by atoms with Crippen LogP contribution in [0.2, 0.25) is 5.02 Å². The monoisotopic (exact) mass is 346 g/mol. The van der Waals surface area contributed by atoms with Gasteiger partial charge in [-0.3, -0.25) is 4.68 Å². The Balaban J connectivity index is 1.80. The Labute approximate surface area is 135 Å². The van der Waals surface area contributed by atoms with E-state index in [9.17, 15) is 13.2 Å². The predicted octanol–water partition coefficient (Wildman–Crippen LogP) is 3.43. The van der Waals surface area contributed by atoms with Crippen LogP contribution in [-0.2, 0) is 18.0 Å². The average Bonchev–Trinajstić information content (AvgIpc) is 3.08. The minimum absolute atomic E-state index is 0.0736. The van der Waals surface area contributed by atoms with Gasteiger partial charge in [-0.05, 0) is 18.6 Å². The summed E-state index contributed by atoms with van der Waals surface area (Å²) in [6, 6.07) is 2.56. The molecule has 2 atom stereocenters. The Hall–Kier alpha value is -1.80. The smallest absolute Gasteiger partial charge is 0.370 e. The number of hydrogen-bond acceptors (Lipinski definition) is 4. The number of ether oxygens (including phenoxy) is 1. The molecule has 1 aliphatic rings. The van der Waals surface area contributed by atoms with E-state index in [-0.39, 0.29) is 23.0 Å². The lowest BCUT2D eigenvalue weighted by atomic mass is 10.1. The molecule has 1 N–H and O–H groups in total. The van der Waals surface area contributed by atoms with Crippen LogP contribution in [0.5, 0.6) is 0 Å². The molecule has 0 radical (unpaired) electrons. The second kappa shape index (κ2) is 6.01. The van der Waals surface area contributed by atoms with Gasteiger partial charge in [0.15, 0.2) is 0 Å². The van der Waals surface area contributed by atoms with Crippen molar-refractivity contribution >= 4 is 17.4 Å². The lowest BCUT2D eigenvalue weighted by Gasteiger charge is -2.21. The Bertz CT molecular complexity index is 704. The molecular formula is C14H14ClF3N4O. The third kappa shape index (κ3) is 3.28. The summed E-state index contributed by atoms with van der Waals surface area (Å²) in [6.07, 6.45) is -1.61. The number of aromatic nitrogens is 3. The summed E-state index contributed by atoms with van der Waals surface area (Å²) in [6.45, 7) is 0.533. The zero-order valence-electron chi connectivity index (χ0n) is 12.1. The van der Waals surface area contributed by atoms with E-state index in [0.29, 0.717) is 13.0 Å². The number of rotatable bonds is 3. The molecule has 2 aromatic rings. The predicted molar refractivity (Wildman–Crippen MR) is 78.2 cm³/mol. The Morgan fingerprint density at radius 3 is 2.83 bits per heavy atom. The fraction of sp³-hybridized carbons (Fsp3) is 0.429. The summed E-state index contributed by atoms with van der Waals surface area (Å²) in [7, 11) is 1.80. The number of anilines is 1. The van der Waals surface area contributed by atoms with Gasteiger partial charge in [0.1, 0.15) is 11.9 Å². The van der Waals surface area contributed by atoms with Crippen molar-refractivity contribution in [2.24, 2.45) is 7.05 Å². The Morgan fingerprint density at radius 1 is 1.43 bits per heavy atom. The van der Waals surface area contributed by atoms with Crippen molar-refractivity contribution in [3.63, 3.8) is 0 Å². The minimum atomic E-state index is -4.47. The van der Waals surface area contributed by atoms with Crippen molar-refractivity contribution in [3.05, 3.63) is 40.8 Å². The van der Waals surface area contributed by atoms with Crippen LogP contribution in [0.3, 0.4) is 0 Å². The first-order chi connectivity index (χ1) is 10.9. The molecule has 0 aliphatic carbocycles. The van der Waals surface area contributed by atoms with E-state index in [2.05, 4.69) is 15.4 Å². The van der Waals surface area contributed by atoms with E-state index in [4.69, 9.17) is 16.3 Å². The van der Waals surface area contributed by atoms with Gasteiger partial charge in [-0.1, -0.05) is 11.6 Å². The highest BCUT2D eigenvalue weighted by Gasteiger charge is 2.34. The zero-order chi connectivity index (χ0) is 16.6. The molecule has 3 heterocycles. The van der Waals surface area contributed by atoms with Crippen LogP contribution in [0, 0.1) is 0 Å². The molecule has 0 unspecified atom stereocenters. The van der Waals surface area contributed by atoms with Gasteiger partial charge in [0.05, 0.1) is 22.3 Å². The largest absolute Gasteiger partial charge is 0.417 e. The molecule has 2 aromatic heterocycles. The SMILES string of the molecule is Cn1nccc1[C@H]1OCC[C@@H]1Nc1ncc(C(F)(F)F)cc1Cl. The van der Waals surface area contributed by atoms with Gasteiger partial charge in [0, 0.05) is 26.0 Å². The number of pyridine rings is 1. The first-order valence-corrected chi connectivity index (χ1v) is 7.33. The maximum atomic E-state index is 12.6. The summed E-state index contributed by atoms with van der Waals surface area (Å²) in [5.41, 5.74) is 0.00180. The van der Waals surface area contributed by atoms with Crippen LogP contribution in [0.1, 0.15) is 23.8 Å². The molecular weight excluding hydrogens is 333 g/mol. The van der Waals surface area contributed by atoms with Crippen molar-refractivity contribution in [1.29, 1.82) is 0 Å². The number of nitrogens with zero attached hydrogens (tertiary/aromatic N) is 3. The molecule has 23 heavy (non-hydrogen) atoms. The van der Waals surface area contributed by atoms with Crippen LogP contribution < -0.4 is 5.32 Å².